The van der Waals surface area contributed by atoms with Gasteiger partial charge in [-0.05, 0) is 62.2 Å². The van der Waals surface area contributed by atoms with E-state index in [2.05, 4.69) is 66.3 Å². The molecule has 3 rings (SSSR count). The number of para-hydroxylation sites is 2. The maximum Gasteiger partial charge on any atom is 0.319 e. The molecule has 0 radical (unpaired) electrons. The number of ether oxygens (including phenoxy) is 1. The van der Waals surface area contributed by atoms with Gasteiger partial charge in [-0.1, -0.05) is 24.3 Å². The molecule has 3 aromatic rings. The number of urea groups is 1. The molecule has 0 aliphatic rings. The molecule has 0 spiro atoms. The summed E-state index contributed by atoms with van der Waals surface area (Å²) in [6.07, 6.45) is 0. The number of nitrogens with one attached hydrogen (secondary N) is 2. The van der Waals surface area contributed by atoms with Crippen LogP contribution in [0.2, 0.25) is 0 Å². The number of carbonyl (C=O) groups is 1. The number of methoxy groups -OCH3 is 1. The van der Waals surface area contributed by atoms with Gasteiger partial charge in [0.15, 0.2) is 0 Å². The van der Waals surface area contributed by atoms with Gasteiger partial charge in [0.2, 0.25) is 0 Å². The number of amides is 2. The number of carbonyl (C=O) groups excluding carboxylic acids is 1. The van der Waals surface area contributed by atoms with Crippen molar-refractivity contribution in [1.29, 1.82) is 0 Å². The minimum absolute atomic E-state index is 0.264. The molecule has 2 aromatic carbocycles. The lowest BCUT2D eigenvalue weighted by Gasteiger charge is -2.12. The quantitative estimate of drug-likeness (QED) is 0.688. The van der Waals surface area contributed by atoms with Gasteiger partial charge < -0.3 is 19.9 Å². The number of benzene rings is 2. The van der Waals surface area contributed by atoms with Crippen molar-refractivity contribution >= 4 is 11.7 Å². The molecular weight excluding hydrogens is 338 g/mol. The van der Waals surface area contributed by atoms with E-state index in [4.69, 9.17) is 4.74 Å². The van der Waals surface area contributed by atoms with E-state index < -0.39 is 0 Å². The summed E-state index contributed by atoms with van der Waals surface area (Å²) < 4.78 is 7.47. The number of aryl methyl sites for hydroxylation is 2. The van der Waals surface area contributed by atoms with E-state index in [0.29, 0.717) is 18.0 Å². The Morgan fingerprint density at radius 3 is 2.56 bits per heavy atom. The van der Waals surface area contributed by atoms with Crippen LogP contribution < -0.4 is 15.4 Å². The van der Waals surface area contributed by atoms with Gasteiger partial charge in [0.05, 0.1) is 12.8 Å². The van der Waals surface area contributed by atoms with Crippen LogP contribution in [0.5, 0.6) is 5.75 Å². The van der Waals surface area contributed by atoms with Crippen molar-refractivity contribution in [3.8, 4) is 11.4 Å². The van der Waals surface area contributed by atoms with Crippen LogP contribution in [0.15, 0.2) is 54.6 Å². The highest BCUT2D eigenvalue weighted by Crippen LogP contribution is 2.23. The van der Waals surface area contributed by atoms with Crippen molar-refractivity contribution in [1.82, 2.24) is 9.88 Å². The predicted octanol–water partition coefficient (Wildman–Crippen LogP) is 4.73. The van der Waals surface area contributed by atoms with E-state index in [1.165, 1.54) is 5.56 Å². The lowest BCUT2D eigenvalue weighted by molar-refractivity contribution is 0.251. The summed E-state index contributed by atoms with van der Waals surface area (Å²) in [5.41, 5.74) is 6.34. The topological polar surface area (TPSA) is 55.3 Å². The highest BCUT2D eigenvalue weighted by molar-refractivity contribution is 5.90. The van der Waals surface area contributed by atoms with Crippen LogP contribution >= 0.6 is 0 Å². The summed E-state index contributed by atoms with van der Waals surface area (Å²) >= 11 is 0. The number of hydrogen-bond acceptors (Lipinski definition) is 2. The van der Waals surface area contributed by atoms with E-state index in [9.17, 15) is 4.79 Å². The molecule has 5 heteroatoms. The van der Waals surface area contributed by atoms with Crippen LogP contribution in [0.1, 0.15) is 22.5 Å². The molecule has 0 saturated carbocycles. The summed E-state index contributed by atoms with van der Waals surface area (Å²) in [4.78, 5) is 12.3. The average Bonchev–Trinajstić information content (AvgIpc) is 2.94. The maximum atomic E-state index is 12.3. The Hall–Kier alpha value is -3.21. The fraction of sp³-hybridized carbons (Fsp3) is 0.227. The molecule has 1 heterocycles. The third-order valence-corrected chi connectivity index (χ3v) is 4.59. The third kappa shape index (κ3) is 4.14. The summed E-state index contributed by atoms with van der Waals surface area (Å²) in [6.45, 7) is 6.69. The number of nitrogens with zero attached hydrogens (tertiary/aromatic N) is 1. The molecule has 27 heavy (non-hydrogen) atoms. The van der Waals surface area contributed by atoms with E-state index in [1.807, 2.05) is 24.3 Å². The lowest BCUT2D eigenvalue weighted by atomic mass is 10.2. The van der Waals surface area contributed by atoms with E-state index >= 15 is 0 Å². The zero-order valence-corrected chi connectivity index (χ0v) is 16.2. The van der Waals surface area contributed by atoms with Crippen LogP contribution in [-0.2, 0) is 6.54 Å². The zero-order chi connectivity index (χ0) is 19.4. The minimum Gasteiger partial charge on any atom is -0.495 e. The van der Waals surface area contributed by atoms with Crippen LogP contribution in [-0.4, -0.2) is 17.7 Å². The lowest BCUT2D eigenvalue weighted by Crippen LogP contribution is -2.28. The Labute approximate surface area is 160 Å². The van der Waals surface area contributed by atoms with Gasteiger partial charge in [-0.25, -0.2) is 4.79 Å². The molecule has 0 saturated heterocycles. The van der Waals surface area contributed by atoms with E-state index in [1.54, 1.807) is 7.11 Å². The van der Waals surface area contributed by atoms with Crippen molar-refractivity contribution < 1.29 is 9.53 Å². The first-order valence-corrected chi connectivity index (χ1v) is 8.92. The molecule has 0 aliphatic carbocycles. The first kappa shape index (κ1) is 18.6. The van der Waals surface area contributed by atoms with Crippen molar-refractivity contribution in [3.63, 3.8) is 0 Å². The molecule has 5 nitrogen and oxygen atoms in total. The van der Waals surface area contributed by atoms with Crippen LogP contribution in [0.3, 0.4) is 0 Å². The second-order valence-electron chi connectivity index (χ2n) is 6.58. The van der Waals surface area contributed by atoms with Gasteiger partial charge in [0.1, 0.15) is 5.75 Å². The van der Waals surface area contributed by atoms with Crippen molar-refractivity contribution in [2.75, 3.05) is 12.4 Å². The normalized spacial score (nSPS) is 10.5. The second-order valence-corrected chi connectivity index (χ2v) is 6.58. The summed E-state index contributed by atoms with van der Waals surface area (Å²) in [5, 5.41) is 5.75. The zero-order valence-electron chi connectivity index (χ0n) is 16.2. The Morgan fingerprint density at radius 1 is 1.04 bits per heavy atom. The fourth-order valence-corrected chi connectivity index (χ4v) is 3.26. The monoisotopic (exact) mass is 363 g/mol. The van der Waals surface area contributed by atoms with E-state index in [-0.39, 0.29) is 6.03 Å². The van der Waals surface area contributed by atoms with Crippen molar-refractivity contribution in [3.05, 3.63) is 77.1 Å². The maximum absolute atomic E-state index is 12.3. The predicted molar refractivity (Wildman–Crippen MR) is 109 cm³/mol. The van der Waals surface area contributed by atoms with Gasteiger partial charge in [-0.2, -0.15) is 0 Å². The Balaban J connectivity index is 1.71. The largest absolute Gasteiger partial charge is 0.495 e. The molecule has 140 valence electrons. The highest BCUT2D eigenvalue weighted by Gasteiger charge is 2.12. The fourth-order valence-electron chi connectivity index (χ4n) is 3.26. The molecule has 0 bridgehead atoms. The van der Waals surface area contributed by atoms with Gasteiger partial charge >= 0.3 is 6.03 Å². The van der Waals surface area contributed by atoms with Gasteiger partial charge in [-0.3, -0.25) is 0 Å². The van der Waals surface area contributed by atoms with Crippen LogP contribution in [0.25, 0.3) is 5.69 Å². The first-order chi connectivity index (χ1) is 13.0. The van der Waals surface area contributed by atoms with Crippen LogP contribution in [0, 0.1) is 20.8 Å². The van der Waals surface area contributed by atoms with Gasteiger partial charge in [-0.15, -0.1) is 0 Å². The molecule has 0 atom stereocenters. The Morgan fingerprint density at radius 2 is 1.81 bits per heavy atom. The van der Waals surface area contributed by atoms with Crippen molar-refractivity contribution in [2.45, 2.75) is 27.3 Å². The molecule has 0 aliphatic heterocycles. The van der Waals surface area contributed by atoms with Crippen LogP contribution in [0.4, 0.5) is 10.5 Å². The van der Waals surface area contributed by atoms with Gasteiger partial charge in [0.25, 0.3) is 0 Å². The number of aromatic nitrogens is 1. The molecule has 2 amide bonds. The summed E-state index contributed by atoms with van der Waals surface area (Å²) in [7, 11) is 1.58. The first-order valence-electron chi connectivity index (χ1n) is 8.92. The molecular formula is C22H25N3O2. The molecule has 1 aromatic heterocycles. The Bertz CT molecular complexity index is 960. The third-order valence-electron chi connectivity index (χ3n) is 4.59. The number of hydrogen-bond donors (Lipinski definition) is 2. The summed E-state index contributed by atoms with van der Waals surface area (Å²) in [6, 6.07) is 17.6. The highest BCUT2D eigenvalue weighted by atomic mass is 16.5. The summed E-state index contributed by atoms with van der Waals surface area (Å²) in [5.74, 6) is 0.630. The minimum atomic E-state index is -0.264. The second kappa shape index (κ2) is 7.99. The van der Waals surface area contributed by atoms with E-state index in [0.717, 1.165) is 22.6 Å². The SMILES string of the molecule is COc1ccccc1NC(=O)NCc1cc(C)n(-c2cccc(C)c2)c1C. The average molecular weight is 363 g/mol. The molecule has 2 N–H and O–H groups in total. The number of anilines is 1. The van der Waals surface area contributed by atoms with Crippen molar-refractivity contribution in [2.24, 2.45) is 0 Å². The standard InChI is InChI=1S/C22H25N3O2/c1-15-8-7-9-19(12-15)25-16(2)13-18(17(25)3)14-23-22(26)24-20-10-5-6-11-21(20)27-4/h5-13H,14H2,1-4H3,(H2,23,24,26). The number of rotatable bonds is 5. The molecule has 0 fully saturated rings. The molecule has 0 unspecified atom stereocenters. The smallest absolute Gasteiger partial charge is 0.319 e. The Kier molecular flexibility index (Phi) is 5.50. The van der Waals surface area contributed by atoms with Gasteiger partial charge in [0, 0.05) is 23.6 Å².